The first-order valence-electron chi connectivity index (χ1n) is 4.91. The predicted octanol–water partition coefficient (Wildman–Crippen LogP) is 0.492. The molecule has 0 heterocycles. The Kier molecular flexibility index (Phi) is 6.57. The third kappa shape index (κ3) is 5.98. The van der Waals surface area contributed by atoms with E-state index in [4.69, 9.17) is 22.0 Å². The second-order valence-corrected chi connectivity index (χ2v) is 3.50. The number of nitrogens with one attached hydrogen (secondary N) is 1. The third-order valence-corrected chi connectivity index (χ3v) is 2.16. The molecule has 0 amide bonds. The van der Waals surface area contributed by atoms with Gasteiger partial charge in [-0.25, -0.2) is 0 Å². The molecule has 0 aromatic heterocycles. The summed E-state index contributed by atoms with van der Waals surface area (Å²) >= 11 is 0. The topological polar surface area (TPSA) is 113 Å². The average molecular weight is 213 g/mol. The van der Waals surface area contributed by atoms with Crippen LogP contribution in [0.15, 0.2) is 12.7 Å². The molecule has 0 aromatic carbocycles. The van der Waals surface area contributed by atoms with E-state index in [1.165, 1.54) is 0 Å². The van der Waals surface area contributed by atoms with Crippen LogP contribution in [0, 0.1) is 5.41 Å². The van der Waals surface area contributed by atoms with Gasteiger partial charge in [-0.3, -0.25) is 4.79 Å². The molecule has 0 aliphatic rings. The summed E-state index contributed by atoms with van der Waals surface area (Å²) in [6, 6.07) is -1.14. The molecule has 0 fully saturated rings. The Morgan fingerprint density at radius 1 is 1.40 bits per heavy atom. The van der Waals surface area contributed by atoms with Gasteiger partial charge in [-0.15, -0.1) is 6.58 Å². The summed E-state index contributed by atoms with van der Waals surface area (Å²) in [5.41, 5.74) is 11.5. The molecule has 6 N–H and O–H groups in total. The average Bonchev–Trinajstić information content (AvgIpc) is 2.17. The molecule has 86 valence electrons. The Bertz CT molecular complexity index is 241. The highest BCUT2D eigenvalue weighted by molar-refractivity contribution is 5.87. The van der Waals surface area contributed by atoms with E-state index in [1.54, 1.807) is 6.08 Å². The van der Waals surface area contributed by atoms with Crippen molar-refractivity contribution in [2.24, 2.45) is 11.5 Å². The first-order valence-corrected chi connectivity index (χ1v) is 4.91. The summed E-state index contributed by atoms with van der Waals surface area (Å²) < 4.78 is 0. The number of carbonyl (C=O) groups is 1. The number of nitrogens with two attached hydrogens (primary N) is 2. The zero-order valence-corrected chi connectivity index (χ0v) is 8.78. The predicted molar refractivity (Wildman–Crippen MR) is 60.0 cm³/mol. The first-order chi connectivity index (χ1) is 6.99. The van der Waals surface area contributed by atoms with Crippen LogP contribution >= 0.6 is 0 Å². The maximum absolute atomic E-state index is 10.4. The smallest absolute Gasteiger partial charge is 0.320 e. The Morgan fingerprint density at radius 2 is 1.93 bits per heavy atom. The highest BCUT2D eigenvalue weighted by Crippen LogP contribution is 2.04. The fraction of sp³-hybridized carbons (Fsp3) is 0.600. The van der Waals surface area contributed by atoms with Crippen molar-refractivity contribution in [3.63, 3.8) is 0 Å². The molecule has 0 saturated carbocycles. The number of carboxylic acid groups (broad SMARTS) is 1. The Labute approximate surface area is 89.7 Å². The van der Waals surface area contributed by atoms with Crippen LogP contribution in [0.3, 0.4) is 0 Å². The summed E-state index contributed by atoms with van der Waals surface area (Å²) in [6.45, 7) is 3.52. The van der Waals surface area contributed by atoms with E-state index in [0.717, 1.165) is 0 Å². The third-order valence-electron chi connectivity index (χ3n) is 2.16. The monoisotopic (exact) mass is 213 g/mol. The van der Waals surface area contributed by atoms with E-state index < -0.39 is 12.0 Å². The maximum atomic E-state index is 10.4. The second kappa shape index (κ2) is 7.14. The largest absolute Gasteiger partial charge is 0.480 e. The van der Waals surface area contributed by atoms with Crippen LogP contribution in [0.4, 0.5) is 0 Å². The summed E-state index contributed by atoms with van der Waals surface area (Å²) in [4.78, 5) is 10.4. The summed E-state index contributed by atoms with van der Waals surface area (Å²) in [5.74, 6) is -0.996. The van der Waals surface area contributed by atoms with Crippen molar-refractivity contribution in [2.45, 2.75) is 37.8 Å². The lowest BCUT2D eigenvalue weighted by Crippen LogP contribution is -2.32. The number of hydrogen-bond donors (Lipinski definition) is 4. The van der Waals surface area contributed by atoms with E-state index in [-0.39, 0.29) is 6.04 Å². The van der Waals surface area contributed by atoms with Gasteiger partial charge in [0, 0.05) is 18.2 Å². The van der Waals surface area contributed by atoms with Gasteiger partial charge in [0.1, 0.15) is 6.04 Å². The van der Waals surface area contributed by atoms with Crippen LogP contribution in [-0.2, 0) is 4.79 Å². The SMILES string of the molecule is C=CCC(=N)C(N)CCCC(N)C(=O)O. The minimum atomic E-state index is -0.996. The van der Waals surface area contributed by atoms with Gasteiger partial charge in [-0.2, -0.15) is 0 Å². The molecule has 15 heavy (non-hydrogen) atoms. The van der Waals surface area contributed by atoms with Gasteiger partial charge < -0.3 is 22.0 Å². The zero-order valence-electron chi connectivity index (χ0n) is 8.78. The molecular formula is C10H19N3O2. The highest BCUT2D eigenvalue weighted by Gasteiger charge is 2.13. The van der Waals surface area contributed by atoms with E-state index in [1.807, 2.05) is 0 Å². The Hall–Kier alpha value is -1.20. The number of allylic oxidation sites excluding steroid dienone is 1. The van der Waals surface area contributed by atoms with Crippen molar-refractivity contribution in [1.29, 1.82) is 5.41 Å². The van der Waals surface area contributed by atoms with Crippen molar-refractivity contribution in [1.82, 2.24) is 0 Å². The standard InChI is InChI=1S/C10H19N3O2/c1-2-4-7(11)8(12)5-3-6-9(13)10(14)15/h2,8-9,11H,1,3-6,12-13H2,(H,14,15). The number of hydrogen-bond acceptors (Lipinski definition) is 4. The lowest BCUT2D eigenvalue weighted by molar-refractivity contribution is -0.138. The lowest BCUT2D eigenvalue weighted by Gasteiger charge is -2.12. The second-order valence-electron chi connectivity index (χ2n) is 3.50. The van der Waals surface area contributed by atoms with Gasteiger partial charge in [0.25, 0.3) is 0 Å². The first kappa shape index (κ1) is 13.8. The van der Waals surface area contributed by atoms with Crippen molar-refractivity contribution in [3.05, 3.63) is 12.7 Å². The van der Waals surface area contributed by atoms with E-state index in [2.05, 4.69) is 6.58 Å². The summed E-state index contributed by atoms with van der Waals surface area (Å²) in [6.07, 6.45) is 3.71. The number of aliphatic carboxylic acids is 1. The van der Waals surface area contributed by atoms with Gasteiger partial charge >= 0.3 is 5.97 Å². The molecule has 5 heteroatoms. The fourth-order valence-electron chi connectivity index (χ4n) is 1.16. The molecule has 0 aliphatic carbocycles. The van der Waals surface area contributed by atoms with E-state index in [9.17, 15) is 4.79 Å². The van der Waals surface area contributed by atoms with Crippen molar-refractivity contribution < 1.29 is 9.90 Å². The van der Waals surface area contributed by atoms with Gasteiger partial charge in [0.15, 0.2) is 0 Å². The molecule has 0 saturated heterocycles. The van der Waals surface area contributed by atoms with Gasteiger partial charge in [0.2, 0.25) is 0 Å². The lowest BCUT2D eigenvalue weighted by atomic mass is 10.0. The molecule has 0 aromatic rings. The van der Waals surface area contributed by atoms with Crippen LogP contribution in [0.2, 0.25) is 0 Å². The highest BCUT2D eigenvalue weighted by atomic mass is 16.4. The maximum Gasteiger partial charge on any atom is 0.320 e. The summed E-state index contributed by atoms with van der Waals surface area (Å²) in [7, 11) is 0. The summed E-state index contributed by atoms with van der Waals surface area (Å²) in [5, 5.41) is 16.0. The fourth-order valence-corrected chi connectivity index (χ4v) is 1.16. The molecule has 0 aliphatic heterocycles. The Balaban J connectivity index is 3.71. The molecule has 5 nitrogen and oxygen atoms in total. The molecule has 0 radical (unpaired) electrons. The van der Waals surface area contributed by atoms with Crippen LogP contribution in [-0.4, -0.2) is 28.9 Å². The zero-order chi connectivity index (χ0) is 11.8. The molecule has 0 rings (SSSR count). The van der Waals surface area contributed by atoms with E-state index in [0.29, 0.717) is 31.4 Å². The van der Waals surface area contributed by atoms with Crippen molar-refractivity contribution >= 4 is 11.7 Å². The molecule has 0 bridgehead atoms. The van der Waals surface area contributed by atoms with Crippen LogP contribution in [0.1, 0.15) is 25.7 Å². The van der Waals surface area contributed by atoms with Gasteiger partial charge in [-0.1, -0.05) is 6.08 Å². The van der Waals surface area contributed by atoms with Crippen LogP contribution < -0.4 is 11.5 Å². The molecule has 2 atom stereocenters. The van der Waals surface area contributed by atoms with Gasteiger partial charge in [0.05, 0.1) is 0 Å². The van der Waals surface area contributed by atoms with E-state index >= 15 is 0 Å². The number of rotatable bonds is 8. The molecule has 0 spiro atoms. The van der Waals surface area contributed by atoms with Crippen molar-refractivity contribution in [2.75, 3.05) is 0 Å². The minimum Gasteiger partial charge on any atom is -0.480 e. The quantitative estimate of drug-likeness (QED) is 0.347. The Morgan fingerprint density at radius 3 is 2.40 bits per heavy atom. The molecular weight excluding hydrogens is 194 g/mol. The van der Waals surface area contributed by atoms with Gasteiger partial charge in [-0.05, 0) is 19.3 Å². The number of carboxylic acids is 1. The van der Waals surface area contributed by atoms with Crippen LogP contribution in [0.25, 0.3) is 0 Å². The normalized spacial score (nSPS) is 14.3. The van der Waals surface area contributed by atoms with Crippen molar-refractivity contribution in [3.8, 4) is 0 Å². The molecule has 2 unspecified atom stereocenters. The van der Waals surface area contributed by atoms with Crippen LogP contribution in [0.5, 0.6) is 0 Å². The minimum absolute atomic E-state index is 0.316.